The highest BCUT2D eigenvalue weighted by molar-refractivity contribution is 5.78. The molecule has 0 saturated heterocycles. The molecule has 0 unspecified atom stereocenters. The van der Waals surface area contributed by atoms with E-state index in [1.165, 1.54) is 12.1 Å². The fourth-order valence-corrected chi connectivity index (χ4v) is 1.71. The second kappa shape index (κ2) is 7.80. The SMILES string of the molecule is CC(C)(CCO)CNC(=O)C/C=C/c1cccc(F)c1. The van der Waals surface area contributed by atoms with Crippen molar-refractivity contribution in [3.8, 4) is 0 Å². The van der Waals surface area contributed by atoms with Gasteiger partial charge in [-0.05, 0) is 29.5 Å². The lowest BCUT2D eigenvalue weighted by Gasteiger charge is -2.23. The largest absolute Gasteiger partial charge is 0.396 e. The fourth-order valence-electron chi connectivity index (χ4n) is 1.71. The van der Waals surface area contributed by atoms with Gasteiger partial charge in [0.25, 0.3) is 0 Å². The Morgan fingerprint density at radius 3 is 2.85 bits per heavy atom. The predicted octanol–water partition coefficient (Wildman–Crippen LogP) is 2.75. The first-order valence-electron chi connectivity index (χ1n) is 6.73. The molecule has 3 nitrogen and oxygen atoms in total. The molecular weight excluding hydrogens is 257 g/mol. The standard InChI is InChI=1S/C16H22FNO2/c1-16(2,9-10-19)12-18-15(20)8-4-6-13-5-3-7-14(17)11-13/h3-7,11,19H,8-10,12H2,1-2H3,(H,18,20)/b6-4+. The van der Waals surface area contributed by atoms with Crippen LogP contribution in [-0.4, -0.2) is 24.2 Å². The smallest absolute Gasteiger partial charge is 0.223 e. The first-order valence-corrected chi connectivity index (χ1v) is 6.73. The number of aliphatic hydroxyl groups is 1. The molecule has 0 heterocycles. The maximum Gasteiger partial charge on any atom is 0.223 e. The van der Waals surface area contributed by atoms with Gasteiger partial charge in [-0.2, -0.15) is 0 Å². The first kappa shape index (κ1) is 16.4. The van der Waals surface area contributed by atoms with Gasteiger partial charge in [0.2, 0.25) is 5.91 Å². The molecular formula is C16H22FNO2. The summed E-state index contributed by atoms with van der Waals surface area (Å²) in [5.41, 5.74) is 0.620. The highest BCUT2D eigenvalue weighted by Gasteiger charge is 2.17. The first-order chi connectivity index (χ1) is 9.43. The lowest BCUT2D eigenvalue weighted by molar-refractivity contribution is -0.120. The molecule has 4 heteroatoms. The summed E-state index contributed by atoms with van der Waals surface area (Å²) in [6.07, 6.45) is 4.34. The normalized spacial score (nSPS) is 11.8. The highest BCUT2D eigenvalue weighted by Crippen LogP contribution is 2.17. The van der Waals surface area contributed by atoms with Crippen LogP contribution in [0.4, 0.5) is 4.39 Å². The summed E-state index contributed by atoms with van der Waals surface area (Å²) in [4.78, 5) is 11.7. The van der Waals surface area contributed by atoms with Gasteiger partial charge in [0.1, 0.15) is 5.82 Å². The Bertz CT molecular complexity index is 469. The fraction of sp³-hybridized carbons (Fsp3) is 0.438. The van der Waals surface area contributed by atoms with Crippen molar-refractivity contribution in [1.29, 1.82) is 0 Å². The van der Waals surface area contributed by atoms with Crippen LogP contribution in [0.1, 0.15) is 32.3 Å². The zero-order valence-corrected chi connectivity index (χ0v) is 12.0. The molecule has 2 N–H and O–H groups in total. The lowest BCUT2D eigenvalue weighted by Crippen LogP contribution is -2.34. The molecule has 0 radical (unpaired) electrons. The van der Waals surface area contributed by atoms with E-state index in [0.29, 0.717) is 13.0 Å². The number of rotatable bonds is 7. The molecule has 0 atom stereocenters. The minimum absolute atomic E-state index is 0.0799. The number of nitrogens with one attached hydrogen (secondary N) is 1. The molecule has 1 aromatic rings. The van der Waals surface area contributed by atoms with Crippen LogP contribution in [-0.2, 0) is 4.79 Å². The minimum atomic E-state index is -0.289. The van der Waals surface area contributed by atoms with Crippen molar-refractivity contribution < 1.29 is 14.3 Å². The average Bonchev–Trinajstić information content (AvgIpc) is 2.37. The summed E-state index contributed by atoms with van der Waals surface area (Å²) in [5.74, 6) is -0.369. The number of benzene rings is 1. The van der Waals surface area contributed by atoms with Crippen LogP contribution >= 0.6 is 0 Å². The van der Waals surface area contributed by atoms with E-state index in [-0.39, 0.29) is 30.2 Å². The van der Waals surface area contributed by atoms with Crippen LogP contribution in [0.25, 0.3) is 6.08 Å². The maximum atomic E-state index is 12.9. The van der Waals surface area contributed by atoms with Gasteiger partial charge in [0.05, 0.1) is 0 Å². The van der Waals surface area contributed by atoms with Crippen molar-refractivity contribution in [3.63, 3.8) is 0 Å². The van der Waals surface area contributed by atoms with Crippen molar-refractivity contribution in [3.05, 3.63) is 41.7 Å². The van der Waals surface area contributed by atoms with E-state index in [2.05, 4.69) is 5.32 Å². The third-order valence-corrected chi connectivity index (χ3v) is 3.01. The summed E-state index contributed by atoms with van der Waals surface area (Å²) in [6, 6.07) is 6.21. The Morgan fingerprint density at radius 1 is 1.45 bits per heavy atom. The summed E-state index contributed by atoms with van der Waals surface area (Å²) < 4.78 is 12.9. The summed E-state index contributed by atoms with van der Waals surface area (Å²) >= 11 is 0. The van der Waals surface area contributed by atoms with E-state index < -0.39 is 0 Å². The Kier molecular flexibility index (Phi) is 6.39. The zero-order valence-electron chi connectivity index (χ0n) is 12.0. The second-order valence-electron chi connectivity index (χ2n) is 5.58. The molecule has 0 spiro atoms. The molecule has 20 heavy (non-hydrogen) atoms. The van der Waals surface area contributed by atoms with Crippen molar-refractivity contribution >= 4 is 12.0 Å². The minimum Gasteiger partial charge on any atom is -0.396 e. The summed E-state index contributed by atoms with van der Waals surface area (Å²) in [7, 11) is 0. The number of hydrogen-bond donors (Lipinski definition) is 2. The average molecular weight is 279 g/mol. The van der Waals surface area contributed by atoms with Gasteiger partial charge in [-0.25, -0.2) is 4.39 Å². The van der Waals surface area contributed by atoms with Gasteiger partial charge >= 0.3 is 0 Å². The number of hydrogen-bond acceptors (Lipinski definition) is 2. The van der Waals surface area contributed by atoms with Crippen molar-refractivity contribution in [1.82, 2.24) is 5.32 Å². The Balaban J connectivity index is 2.36. The van der Waals surface area contributed by atoms with Gasteiger partial charge < -0.3 is 10.4 Å². The van der Waals surface area contributed by atoms with Crippen LogP contribution in [0, 0.1) is 11.2 Å². The van der Waals surface area contributed by atoms with E-state index >= 15 is 0 Å². The molecule has 110 valence electrons. The number of carbonyl (C=O) groups excluding carboxylic acids is 1. The van der Waals surface area contributed by atoms with Crippen molar-refractivity contribution in [2.24, 2.45) is 5.41 Å². The predicted molar refractivity (Wildman–Crippen MR) is 78.5 cm³/mol. The zero-order chi connectivity index (χ0) is 15.0. The van der Waals surface area contributed by atoms with Crippen LogP contribution in [0.2, 0.25) is 0 Å². The van der Waals surface area contributed by atoms with Gasteiger partial charge in [-0.1, -0.05) is 38.1 Å². The number of carbonyl (C=O) groups is 1. The van der Waals surface area contributed by atoms with Crippen LogP contribution < -0.4 is 5.32 Å². The molecule has 0 aliphatic heterocycles. The Morgan fingerprint density at radius 2 is 2.20 bits per heavy atom. The molecule has 1 aromatic carbocycles. The van der Waals surface area contributed by atoms with Gasteiger partial charge in [-0.3, -0.25) is 4.79 Å². The van der Waals surface area contributed by atoms with Crippen LogP contribution in [0.3, 0.4) is 0 Å². The topological polar surface area (TPSA) is 49.3 Å². The van der Waals surface area contributed by atoms with Crippen molar-refractivity contribution in [2.75, 3.05) is 13.2 Å². The third-order valence-electron chi connectivity index (χ3n) is 3.01. The molecule has 0 saturated carbocycles. The van der Waals surface area contributed by atoms with Gasteiger partial charge in [0, 0.05) is 19.6 Å². The number of amides is 1. The van der Waals surface area contributed by atoms with E-state index in [0.717, 1.165) is 5.56 Å². The lowest BCUT2D eigenvalue weighted by atomic mass is 9.90. The summed E-state index contributed by atoms with van der Waals surface area (Å²) in [6.45, 7) is 4.63. The van der Waals surface area contributed by atoms with Gasteiger partial charge in [-0.15, -0.1) is 0 Å². The van der Waals surface area contributed by atoms with Crippen LogP contribution in [0.5, 0.6) is 0 Å². The third kappa shape index (κ3) is 6.48. The van der Waals surface area contributed by atoms with Crippen LogP contribution in [0.15, 0.2) is 30.3 Å². The molecule has 0 aliphatic carbocycles. The Labute approximate surface area is 119 Å². The van der Waals surface area contributed by atoms with Gasteiger partial charge in [0.15, 0.2) is 0 Å². The molecule has 0 fully saturated rings. The van der Waals surface area contributed by atoms with E-state index in [9.17, 15) is 9.18 Å². The second-order valence-corrected chi connectivity index (χ2v) is 5.58. The van der Waals surface area contributed by atoms with E-state index in [1.54, 1.807) is 24.3 Å². The summed E-state index contributed by atoms with van der Waals surface area (Å²) in [5, 5.41) is 11.7. The molecule has 0 aromatic heterocycles. The molecule has 0 aliphatic rings. The van der Waals surface area contributed by atoms with Crippen molar-refractivity contribution in [2.45, 2.75) is 26.7 Å². The highest BCUT2D eigenvalue weighted by atomic mass is 19.1. The quantitative estimate of drug-likeness (QED) is 0.806. The molecule has 1 amide bonds. The van der Waals surface area contributed by atoms with E-state index in [1.807, 2.05) is 13.8 Å². The Hall–Kier alpha value is -1.68. The monoisotopic (exact) mass is 279 g/mol. The molecule has 0 bridgehead atoms. The molecule has 1 rings (SSSR count). The number of halogens is 1. The maximum absolute atomic E-state index is 12.9. The number of aliphatic hydroxyl groups excluding tert-OH is 1. The van der Waals surface area contributed by atoms with E-state index in [4.69, 9.17) is 5.11 Å².